The number of carbonyl (C=O) groups is 2. The number of hydrogen-bond donors (Lipinski definition) is 0. The summed E-state index contributed by atoms with van der Waals surface area (Å²) in [6, 6.07) is 17.3. The third-order valence-corrected chi connectivity index (χ3v) is 9.67. The zero-order valence-electron chi connectivity index (χ0n) is 34.9. The van der Waals surface area contributed by atoms with E-state index in [2.05, 4.69) is 0 Å². The van der Waals surface area contributed by atoms with Crippen LogP contribution >= 0.6 is 0 Å². The van der Waals surface area contributed by atoms with Gasteiger partial charge in [-0.15, -0.1) is 0 Å². The summed E-state index contributed by atoms with van der Waals surface area (Å²) >= 11 is 0. The number of methoxy groups -OCH3 is 10. The lowest BCUT2D eigenvalue weighted by molar-refractivity contribution is 0.0361. The number of ether oxygens (including phenoxy) is 12. The fourth-order valence-electron chi connectivity index (χ4n) is 6.69. The van der Waals surface area contributed by atoms with Crippen molar-refractivity contribution in [3.05, 3.63) is 82.9 Å². The maximum atomic E-state index is 13.7. The molecule has 0 saturated heterocycles. The Bertz CT molecular complexity index is 1880. The molecule has 14 heteroatoms. The average Bonchev–Trinajstić information content (AvgIpc) is 3.26. The fraction of sp³-hybridized carbons (Fsp3) is 0.409. The van der Waals surface area contributed by atoms with Crippen LogP contribution in [0.2, 0.25) is 0 Å². The lowest BCUT2D eigenvalue weighted by atomic mass is 9.80. The van der Waals surface area contributed by atoms with Gasteiger partial charge in [-0.1, -0.05) is 0 Å². The molecule has 0 heterocycles. The van der Waals surface area contributed by atoms with Crippen molar-refractivity contribution in [2.24, 2.45) is 11.8 Å². The molecule has 4 aromatic carbocycles. The summed E-state index contributed by atoms with van der Waals surface area (Å²) in [6.07, 6.45) is 1.97. The third-order valence-electron chi connectivity index (χ3n) is 9.67. The Morgan fingerprint density at radius 3 is 1.14 bits per heavy atom. The summed E-state index contributed by atoms with van der Waals surface area (Å²) in [7, 11) is 15.4. The average molecular weight is 807 g/mol. The van der Waals surface area contributed by atoms with Crippen LogP contribution in [0.15, 0.2) is 60.7 Å². The van der Waals surface area contributed by atoms with E-state index in [1.807, 2.05) is 24.3 Å². The van der Waals surface area contributed by atoms with E-state index in [1.165, 1.54) is 28.4 Å². The van der Waals surface area contributed by atoms with Crippen molar-refractivity contribution in [2.45, 2.75) is 25.7 Å². The first-order chi connectivity index (χ1) is 28.1. The predicted octanol–water partition coefficient (Wildman–Crippen LogP) is 7.28. The van der Waals surface area contributed by atoms with Crippen molar-refractivity contribution >= 4 is 11.9 Å². The zero-order valence-corrected chi connectivity index (χ0v) is 34.9. The van der Waals surface area contributed by atoms with Crippen LogP contribution in [0.5, 0.6) is 57.5 Å². The number of hydrogen-bond acceptors (Lipinski definition) is 14. The topological polar surface area (TPSA) is 145 Å². The van der Waals surface area contributed by atoms with Crippen molar-refractivity contribution < 1.29 is 66.4 Å². The first-order valence-electron chi connectivity index (χ1n) is 18.5. The van der Waals surface area contributed by atoms with Gasteiger partial charge in [0.05, 0.1) is 95.4 Å². The highest BCUT2D eigenvalue weighted by Crippen LogP contribution is 2.42. The molecule has 314 valence electrons. The Labute approximate surface area is 340 Å². The second-order valence-corrected chi connectivity index (χ2v) is 13.1. The minimum absolute atomic E-state index is 0.0213. The standard InChI is InChI=1S/C44H54O14/c1-47-33-20-30(21-34(24-33)48-2)43(45)57-13-11-12-29(14-27-16-37(51-5)41(55-9)38(17-27)52-6)32(15-28-18-39(53-7)42(56-10)40(19-28)54-8)26-58-44(46)31-22-35(49-3)25-36(23-31)50-4/h16-25,29,32H,11-15,26H2,1-10H3/t29-,32+/m1/s1. The van der Waals surface area contributed by atoms with Crippen LogP contribution in [0.25, 0.3) is 0 Å². The second-order valence-electron chi connectivity index (χ2n) is 13.1. The Kier molecular flexibility index (Phi) is 16.8. The van der Waals surface area contributed by atoms with E-state index in [1.54, 1.807) is 79.1 Å². The van der Waals surface area contributed by atoms with Crippen LogP contribution in [0.4, 0.5) is 0 Å². The number of rotatable bonds is 23. The highest BCUT2D eigenvalue weighted by Gasteiger charge is 2.28. The van der Waals surface area contributed by atoms with Crippen LogP contribution in [-0.4, -0.2) is 96.3 Å². The van der Waals surface area contributed by atoms with E-state index in [9.17, 15) is 9.59 Å². The van der Waals surface area contributed by atoms with Gasteiger partial charge >= 0.3 is 11.9 Å². The van der Waals surface area contributed by atoms with Crippen LogP contribution in [-0.2, 0) is 22.3 Å². The molecule has 0 aliphatic rings. The largest absolute Gasteiger partial charge is 0.497 e. The van der Waals surface area contributed by atoms with Crippen molar-refractivity contribution in [3.8, 4) is 57.5 Å². The molecule has 2 atom stereocenters. The molecule has 0 fully saturated rings. The van der Waals surface area contributed by atoms with Crippen LogP contribution < -0.4 is 47.4 Å². The van der Waals surface area contributed by atoms with Crippen LogP contribution in [0, 0.1) is 11.8 Å². The van der Waals surface area contributed by atoms with Gasteiger partial charge in [0.25, 0.3) is 0 Å². The van der Waals surface area contributed by atoms with Gasteiger partial charge in [-0.05, 0) is 91.3 Å². The van der Waals surface area contributed by atoms with Gasteiger partial charge in [0, 0.05) is 18.1 Å². The maximum Gasteiger partial charge on any atom is 0.338 e. The normalized spacial score (nSPS) is 11.7. The maximum absolute atomic E-state index is 13.7. The molecule has 0 unspecified atom stereocenters. The summed E-state index contributed by atoms with van der Waals surface area (Å²) in [5, 5.41) is 0. The molecule has 0 bridgehead atoms. The highest BCUT2D eigenvalue weighted by molar-refractivity contribution is 5.91. The van der Waals surface area contributed by atoms with Crippen molar-refractivity contribution in [3.63, 3.8) is 0 Å². The molecule has 0 amide bonds. The Morgan fingerprint density at radius 2 is 0.793 bits per heavy atom. The van der Waals surface area contributed by atoms with Crippen molar-refractivity contribution in [2.75, 3.05) is 84.3 Å². The molecule has 14 nitrogen and oxygen atoms in total. The van der Waals surface area contributed by atoms with Crippen molar-refractivity contribution in [1.82, 2.24) is 0 Å². The molecule has 0 spiro atoms. The molecule has 0 aliphatic heterocycles. The quantitative estimate of drug-likeness (QED) is 0.0547. The number of carbonyl (C=O) groups excluding carboxylic acids is 2. The molecule has 0 radical (unpaired) electrons. The lowest BCUT2D eigenvalue weighted by Crippen LogP contribution is -2.27. The fourth-order valence-corrected chi connectivity index (χ4v) is 6.69. The minimum Gasteiger partial charge on any atom is -0.497 e. The van der Waals surface area contributed by atoms with Gasteiger partial charge in [-0.25, -0.2) is 9.59 Å². The third kappa shape index (κ3) is 11.5. The molecule has 0 N–H and O–H groups in total. The summed E-state index contributed by atoms with van der Waals surface area (Å²) in [5.41, 5.74) is 2.31. The Balaban J connectivity index is 1.73. The lowest BCUT2D eigenvalue weighted by Gasteiger charge is -2.28. The van der Waals surface area contributed by atoms with Gasteiger partial charge in [-0.3, -0.25) is 0 Å². The van der Waals surface area contributed by atoms with Crippen LogP contribution in [0.3, 0.4) is 0 Å². The zero-order chi connectivity index (χ0) is 42.2. The molecular weight excluding hydrogens is 752 g/mol. The van der Waals surface area contributed by atoms with Gasteiger partial charge in [0.2, 0.25) is 11.5 Å². The molecule has 0 saturated carbocycles. The van der Waals surface area contributed by atoms with Crippen molar-refractivity contribution in [1.29, 1.82) is 0 Å². The highest BCUT2D eigenvalue weighted by atomic mass is 16.5. The Morgan fingerprint density at radius 1 is 0.431 bits per heavy atom. The molecule has 4 rings (SSSR count). The van der Waals surface area contributed by atoms with E-state index in [0.29, 0.717) is 88.7 Å². The summed E-state index contributed by atoms with van der Waals surface area (Å²) in [4.78, 5) is 26.9. The van der Waals surface area contributed by atoms with E-state index in [-0.39, 0.29) is 30.6 Å². The van der Waals surface area contributed by atoms with Crippen LogP contribution in [0.1, 0.15) is 44.7 Å². The number of benzene rings is 4. The van der Waals surface area contributed by atoms with E-state index in [4.69, 9.17) is 56.8 Å². The van der Waals surface area contributed by atoms with E-state index < -0.39 is 11.9 Å². The summed E-state index contributed by atoms with van der Waals surface area (Å²) in [6.45, 7) is 0.137. The molecular formula is C44H54O14. The second kappa shape index (κ2) is 21.9. The van der Waals surface area contributed by atoms with E-state index in [0.717, 1.165) is 11.1 Å². The first-order valence-corrected chi connectivity index (χ1v) is 18.5. The number of esters is 2. The minimum atomic E-state index is -0.554. The molecule has 4 aromatic rings. The molecule has 58 heavy (non-hydrogen) atoms. The molecule has 0 aromatic heterocycles. The molecule has 0 aliphatic carbocycles. The van der Waals surface area contributed by atoms with Gasteiger partial charge in [-0.2, -0.15) is 0 Å². The monoisotopic (exact) mass is 806 g/mol. The smallest absolute Gasteiger partial charge is 0.338 e. The van der Waals surface area contributed by atoms with Gasteiger partial charge in [0.15, 0.2) is 23.0 Å². The predicted molar refractivity (Wildman–Crippen MR) is 215 cm³/mol. The van der Waals surface area contributed by atoms with E-state index >= 15 is 0 Å². The Hall–Kier alpha value is -6.18. The summed E-state index contributed by atoms with van der Waals surface area (Å²) < 4.78 is 67.2. The van der Waals surface area contributed by atoms with Gasteiger partial charge < -0.3 is 56.8 Å². The SMILES string of the molecule is COc1cc(OC)cc(C(=O)OCCC[C@H](Cc2cc(OC)c(OC)c(OC)c2)[C@H](COC(=O)c2cc(OC)cc(OC)c2)Cc2cc(OC)c(OC)c(OC)c2)c1. The van der Waals surface area contributed by atoms with Gasteiger partial charge in [0.1, 0.15) is 23.0 Å². The first kappa shape index (κ1) is 44.5. The summed E-state index contributed by atoms with van der Waals surface area (Å²) in [5.74, 6) is 3.17.